The molecular formula is C11H10O6. The number of Topliss-reactive ketones (excluding diaryl/α,β-unsaturated/α-hetero) is 1. The maximum Gasteiger partial charge on any atom is 0.377 e. The molecule has 1 aromatic rings. The number of rotatable bonds is 5. The second kappa shape index (κ2) is 5.11. The maximum atomic E-state index is 11.3. The van der Waals surface area contributed by atoms with E-state index in [9.17, 15) is 14.4 Å². The fourth-order valence-electron chi connectivity index (χ4n) is 1.34. The van der Waals surface area contributed by atoms with Gasteiger partial charge in [-0.1, -0.05) is 0 Å². The first-order chi connectivity index (χ1) is 8.04. The van der Waals surface area contributed by atoms with Gasteiger partial charge in [-0.3, -0.25) is 9.59 Å². The van der Waals surface area contributed by atoms with Gasteiger partial charge in [-0.15, -0.1) is 0 Å². The monoisotopic (exact) mass is 238 g/mol. The Morgan fingerprint density at radius 1 is 1.24 bits per heavy atom. The minimum Gasteiger partial charge on any atom is -0.493 e. The Labute approximate surface area is 96.8 Å². The van der Waals surface area contributed by atoms with Crippen molar-refractivity contribution >= 4 is 18.0 Å². The number of ketones is 1. The van der Waals surface area contributed by atoms with E-state index in [2.05, 4.69) is 0 Å². The van der Waals surface area contributed by atoms with Crippen molar-refractivity contribution in [2.45, 2.75) is 0 Å². The molecule has 0 aliphatic rings. The first-order valence-corrected chi connectivity index (χ1v) is 4.54. The zero-order valence-electron chi connectivity index (χ0n) is 9.22. The number of carboxylic acids is 1. The van der Waals surface area contributed by atoms with Crippen molar-refractivity contribution in [2.75, 3.05) is 14.2 Å². The van der Waals surface area contributed by atoms with Crippen molar-refractivity contribution in [2.24, 2.45) is 0 Å². The zero-order valence-corrected chi connectivity index (χ0v) is 9.22. The molecule has 0 radical (unpaired) electrons. The minimum absolute atomic E-state index is 0.0523. The topological polar surface area (TPSA) is 89.9 Å². The van der Waals surface area contributed by atoms with E-state index in [1.54, 1.807) is 0 Å². The van der Waals surface area contributed by atoms with Crippen molar-refractivity contribution < 1.29 is 29.0 Å². The van der Waals surface area contributed by atoms with Crippen LogP contribution in [0.1, 0.15) is 20.7 Å². The number of carboxylic acid groups (broad SMARTS) is 1. The number of hydrogen-bond acceptors (Lipinski definition) is 5. The highest BCUT2D eigenvalue weighted by Crippen LogP contribution is 2.31. The Bertz CT molecular complexity index is 477. The van der Waals surface area contributed by atoms with E-state index in [1.807, 2.05) is 0 Å². The van der Waals surface area contributed by atoms with Crippen LogP contribution in [0, 0.1) is 0 Å². The minimum atomic E-state index is -1.60. The lowest BCUT2D eigenvalue weighted by Crippen LogP contribution is -2.13. The molecule has 1 N–H and O–H groups in total. The third-order valence-corrected chi connectivity index (χ3v) is 2.09. The van der Waals surface area contributed by atoms with Crippen LogP contribution in [0.15, 0.2) is 12.1 Å². The summed E-state index contributed by atoms with van der Waals surface area (Å²) in [7, 11) is 2.66. The molecule has 0 spiro atoms. The molecule has 0 bridgehead atoms. The van der Waals surface area contributed by atoms with E-state index < -0.39 is 11.8 Å². The van der Waals surface area contributed by atoms with Crippen molar-refractivity contribution in [1.82, 2.24) is 0 Å². The SMILES string of the molecule is COc1cc(C(=O)C(=O)O)cc(C=O)c1OC. The van der Waals surface area contributed by atoms with E-state index in [-0.39, 0.29) is 22.6 Å². The number of methoxy groups -OCH3 is 2. The summed E-state index contributed by atoms with van der Waals surface area (Å²) in [6.07, 6.45) is 0.458. The summed E-state index contributed by atoms with van der Waals surface area (Å²) in [6, 6.07) is 2.35. The third kappa shape index (κ3) is 2.41. The summed E-state index contributed by atoms with van der Waals surface area (Å²) >= 11 is 0. The van der Waals surface area contributed by atoms with E-state index in [0.29, 0.717) is 6.29 Å². The Kier molecular flexibility index (Phi) is 3.82. The quantitative estimate of drug-likeness (QED) is 0.463. The van der Waals surface area contributed by atoms with Crippen LogP contribution in [0.25, 0.3) is 0 Å². The van der Waals surface area contributed by atoms with Gasteiger partial charge in [-0.05, 0) is 12.1 Å². The van der Waals surface area contributed by atoms with Crippen LogP contribution in [0.4, 0.5) is 0 Å². The molecule has 0 aliphatic carbocycles. The van der Waals surface area contributed by atoms with Crippen LogP contribution in [0.2, 0.25) is 0 Å². The van der Waals surface area contributed by atoms with Gasteiger partial charge in [0.15, 0.2) is 17.8 Å². The molecule has 0 atom stereocenters. The molecule has 17 heavy (non-hydrogen) atoms. The van der Waals surface area contributed by atoms with Crippen LogP contribution in [-0.4, -0.2) is 37.4 Å². The summed E-state index contributed by atoms with van der Waals surface area (Å²) < 4.78 is 9.86. The summed E-state index contributed by atoms with van der Waals surface area (Å²) in [5, 5.41) is 8.58. The van der Waals surface area contributed by atoms with Crippen molar-refractivity contribution in [3.05, 3.63) is 23.3 Å². The van der Waals surface area contributed by atoms with E-state index in [0.717, 1.165) is 6.07 Å². The number of ether oxygens (including phenoxy) is 2. The number of carbonyl (C=O) groups is 3. The van der Waals surface area contributed by atoms with Gasteiger partial charge in [0.05, 0.1) is 19.8 Å². The summed E-state index contributed by atoms with van der Waals surface area (Å²) in [4.78, 5) is 32.6. The molecule has 1 rings (SSSR count). The number of benzene rings is 1. The molecule has 0 saturated carbocycles. The first kappa shape index (κ1) is 12.7. The smallest absolute Gasteiger partial charge is 0.377 e. The molecule has 0 fully saturated rings. The van der Waals surface area contributed by atoms with Gasteiger partial charge in [0.1, 0.15) is 0 Å². The second-order valence-electron chi connectivity index (χ2n) is 3.05. The van der Waals surface area contributed by atoms with Gasteiger partial charge < -0.3 is 14.6 Å². The fourth-order valence-corrected chi connectivity index (χ4v) is 1.34. The van der Waals surface area contributed by atoms with Crippen LogP contribution in [0.3, 0.4) is 0 Å². The average molecular weight is 238 g/mol. The number of carbonyl (C=O) groups excluding carboxylic acids is 2. The lowest BCUT2D eigenvalue weighted by Gasteiger charge is -2.10. The molecule has 0 heterocycles. The Morgan fingerprint density at radius 3 is 2.29 bits per heavy atom. The molecule has 0 amide bonds. The molecule has 6 heteroatoms. The molecule has 0 unspecified atom stereocenters. The van der Waals surface area contributed by atoms with Crippen LogP contribution >= 0.6 is 0 Å². The highest BCUT2D eigenvalue weighted by atomic mass is 16.5. The van der Waals surface area contributed by atoms with Gasteiger partial charge >= 0.3 is 5.97 Å². The van der Waals surface area contributed by atoms with Crippen molar-refractivity contribution in [3.63, 3.8) is 0 Å². The predicted octanol–water partition coefficient (Wildman–Crippen LogP) is 0.784. The van der Waals surface area contributed by atoms with Crippen LogP contribution in [0.5, 0.6) is 11.5 Å². The first-order valence-electron chi connectivity index (χ1n) is 4.54. The summed E-state index contributed by atoms with van der Waals surface area (Å²) in [5.41, 5.74) is -0.0892. The van der Waals surface area contributed by atoms with Gasteiger partial charge in [-0.25, -0.2) is 4.79 Å². The van der Waals surface area contributed by atoms with E-state index in [4.69, 9.17) is 14.6 Å². The number of aliphatic carboxylic acids is 1. The fraction of sp³-hybridized carbons (Fsp3) is 0.182. The molecule has 0 saturated heterocycles. The Morgan fingerprint density at radius 2 is 1.88 bits per heavy atom. The molecule has 0 aliphatic heterocycles. The molecule has 0 aromatic heterocycles. The van der Waals surface area contributed by atoms with Crippen LogP contribution in [-0.2, 0) is 4.79 Å². The highest BCUT2D eigenvalue weighted by Gasteiger charge is 2.20. The lowest BCUT2D eigenvalue weighted by molar-refractivity contribution is -0.131. The third-order valence-electron chi connectivity index (χ3n) is 2.09. The number of hydrogen-bond donors (Lipinski definition) is 1. The van der Waals surface area contributed by atoms with Gasteiger partial charge in [0.2, 0.25) is 0 Å². The van der Waals surface area contributed by atoms with Gasteiger partial charge in [-0.2, -0.15) is 0 Å². The maximum absolute atomic E-state index is 11.3. The Balaban J connectivity index is 3.42. The summed E-state index contributed by atoms with van der Waals surface area (Å²) in [6.45, 7) is 0. The predicted molar refractivity (Wildman–Crippen MR) is 56.9 cm³/mol. The highest BCUT2D eigenvalue weighted by molar-refractivity contribution is 6.40. The zero-order chi connectivity index (χ0) is 13.0. The normalized spacial score (nSPS) is 9.53. The second-order valence-corrected chi connectivity index (χ2v) is 3.05. The van der Waals surface area contributed by atoms with Gasteiger partial charge in [0, 0.05) is 5.56 Å². The van der Waals surface area contributed by atoms with E-state index in [1.165, 1.54) is 20.3 Å². The molecule has 1 aromatic carbocycles. The summed E-state index contributed by atoms with van der Waals surface area (Å²) in [5.74, 6) is -2.44. The average Bonchev–Trinajstić information content (AvgIpc) is 2.35. The van der Waals surface area contributed by atoms with E-state index >= 15 is 0 Å². The molecule has 90 valence electrons. The number of aldehydes is 1. The van der Waals surface area contributed by atoms with Crippen molar-refractivity contribution in [1.29, 1.82) is 0 Å². The van der Waals surface area contributed by atoms with Gasteiger partial charge in [0.25, 0.3) is 5.78 Å². The molecule has 6 nitrogen and oxygen atoms in total. The standard InChI is InChI=1S/C11H10O6/c1-16-8-4-6(9(13)11(14)15)3-7(5-12)10(8)17-2/h3-5H,1-2H3,(H,14,15). The Hall–Kier alpha value is -2.37. The van der Waals surface area contributed by atoms with Crippen LogP contribution < -0.4 is 9.47 Å². The van der Waals surface area contributed by atoms with Crippen molar-refractivity contribution in [3.8, 4) is 11.5 Å². The lowest BCUT2D eigenvalue weighted by atomic mass is 10.1. The molecular weight excluding hydrogens is 228 g/mol. The largest absolute Gasteiger partial charge is 0.493 e.